The van der Waals surface area contributed by atoms with Crippen molar-refractivity contribution >= 4 is 17.6 Å². The zero-order chi connectivity index (χ0) is 16.1. The van der Waals surface area contributed by atoms with Crippen molar-refractivity contribution < 1.29 is 9.59 Å². The number of aromatic nitrogens is 1. The molecular weight excluding hydrogens is 296 g/mol. The van der Waals surface area contributed by atoms with E-state index in [1.165, 1.54) is 6.20 Å². The van der Waals surface area contributed by atoms with E-state index in [2.05, 4.69) is 31.7 Å². The van der Waals surface area contributed by atoms with E-state index in [1.807, 2.05) is 30.3 Å². The Labute approximate surface area is 132 Å². The van der Waals surface area contributed by atoms with Crippen molar-refractivity contribution in [2.45, 2.75) is 6.17 Å². The fourth-order valence-corrected chi connectivity index (χ4v) is 2.06. The van der Waals surface area contributed by atoms with Gasteiger partial charge >= 0.3 is 6.03 Å². The van der Waals surface area contributed by atoms with Crippen LogP contribution in [0.3, 0.4) is 0 Å². The number of rotatable bonds is 4. The normalized spacial score (nSPS) is 16.8. The van der Waals surface area contributed by atoms with E-state index in [0.29, 0.717) is 11.3 Å². The fourth-order valence-electron chi connectivity index (χ4n) is 2.06. The predicted molar refractivity (Wildman–Crippen MR) is 83.3 cm³/mol. The molecule has 0 saturated heterocycles. The van der Waals surface area contributed by atoms with Gasteiger partial charge in [-0.2, -0.15) is 5.10 Å². The van der Waals surface area contributed by atoms with Crippen LogP contribution in [0, 0.1) is 0 Å². The van der Waals surface area contributed by atoms with Crippen molar-refractivity contribution in [3.8, 4) is 0 Å². The summed E-state index contributed by atoms with van der Waals surface area (Å²) in [5.41, 5.74) is 9.43. The standard InChI is InChI=1S/C15H14N6O2/c22-14(11-7-4-8-16-9-11)20-19-13-12(18-21-15(23)17-13)10-5-2-1-3-6-10/h1-9,13,19H,(H,20,22)(H2,17,21,23). The van der Waals surface area contributed by atoms with Gasteiger partial charge in [0.2, 0.25) is 0 Å². The number of benzene rings is 1. The van der Waals surface area contributed by atoms with Crippen LogP contribution >= 0.6 is 0 Å². The minimum absolute atomic E-state index is 0.363. The van der Waals surface area contributed by atoms with Gasteiger partial charge in [0.1, 0.15) is 11.9 Å². The van der Waals surface area contributed by atoms with Crippen molar-refractivity contribution in [3.05, 3.63) is 66.0 Å². The summed E-state index contributed by atoms with van der Waals surface area (Å²) in [6.07, 6.45) is 2.37. The van der Waals surface area contributed by atoms with Gasteiger partial charge < -0.3 is 5.32 Å². The smallest absolute Gasteiger partial charge is 0.314 e. The van der Waals surface area contributed by atoms with Crippen LogP contribution in [0.5, 0.6) is 0 Å². The Morgan fingerprint density at radius 2 is 1.96 bits per heavy atom. The molecule has 0 radical (unpaired) electrons. The third-order valence-corrected chi connectivity index (χ3v) is 3.15. The summed E-state index contributed by atoms with van der Waals surface area (Å²) >= 11 is 0. The lowest BCUT2D eigenvalue weighted by Gasteiger charge is -2.25. The highest BCUT2D eigenvalue weighted by molar-refractivity contribution is 6.07. The third-order valence-electron chi connectivity index (χ3n) is 3.15. The van der Waals surface area contributed by atoms with Gasteiger partial charge in [-0.25, -0.2) is 15.6 Å². The molecule has 0 saturated carbocycles. The van der Waals surface area contributed by atoms with E-state index in [4.69, 9.17) is 0 Å². The summed E-state index contributed by atoms with van der Waals surface area (Å²) in [5, 5.41) is 6.69. The maximum Gasteiger partial charge on any atom is 0.336 e. The first-order valence-corrected chi connectivity index (χ1v) is 6.89. The molecule has 23 heavy (non-hydrogen) atoms. The van der Waals surface area contributed by atoms with Crippen LogP contribution in [-0.4, -0.2) is 28.8 Å². The number of urea groups is 1. The molecule has 1 aromatic carbocycles. The van der Waals surface area contributed by atoms with Crippen molar-refractivity contribution in [1.82, 2.24) is 26.6 Å². The highest BCUT2D eigenvalue weighted by Crippen LogP contribution is 2.05. The highest BCUT2D eigenvalue weighted by Gasteiger charge is 2.24. The van der Waals surface area contributed by atoms with Crippen LogP contribution in [0.1, 0.15) is 15.9 Å². The summed E-state index contributed by atoms with van der Waals surface area (Å²) in [6.45, 7) is 0. The quantitative estimate of drug-likeness (QED) is 0.612. The second-order valence-electron chi connectivity index (χ2n) is 4.72. The Hall–Kier alpha value is -3.26. The molecule has 2 heterocycles. The zero-order valence-electron chi connectivity index (χ0n) is 12.0. The maximum atomic E-state index is 12.0. The number of hydrogen-bond acceptors (Lipinski definition) is 5. The molecule has 1 aromatic heterocycles. The molecule has 1 atom stereocenters. The summed E-state index contributed by atoms with van der Waals surface area (Å²) in [6, 6.07) is 12.2. The summed E-state index contributed by atoms with van der Waals surface area (Å²) in [5.74, 6) is -0.363. The molecule has 1 unspecified atom stereocenters. The summed E-state index contributed by atoms with van der Waals surface area (Å²) in [4.78, 5) is 27.4. The van der Waals surface area contributed by atoms with Crippen molar-refractivity contribution in [3.63, 3.8) is 0 Å². The molecular formula is C15H14N6O2. The lowest BCUT2D eigenvalue weighted by Crippen LogP contribution is -2.61. The Bertz CT molecular complexity index is 732. The van der Waals surface area contributed by atoms with Crippen LogP contribution in [0.15, 0.2) is 60.0 Å². The van der Waals surface area contributed by atoms with E-state index in [1.54, 1.807) is 18.3 Å². The second-order valence-corrected chi connectivity index (χ2v) is 4.72. The van der Waals surface area contributed by atoms with Gasteiger partial charge in [-0.1, -0.05) is 30.3 Å². The first-order valence-electron chi connectivity index (χ1n) is 6.89. The molecule has 116 valence electrons. The average Bonchev–Trinajstić information content (AvgIpc) is 2.61. The number of amides is 3. The zero-order valence-corrected chi connectivity index (χ0v) is 12.0. The van der Waals surface area contributed by atoms with Gasteiger partial charge in [0.15, 0.2) is 0 Å². The monoisotopic (exact) mass is 310 g/mol. The van der Waals surface area contributed by atoms with E-state index < -0.39 is 12.2 Å². The van der Waals surface area contributed by atoms with Crippen LogP contribution < -0.4 is 21.6 Å². The molecule has 1 aliphatic heterocycles. The summed E-state index contributed by atoms with van der Waals surface area (Å²) in [7, 11) is 0. The van der Waals surface area contributed by atoms with Crippen molar-refractivity contribution in [1.29, 1.82) is 0 Å². The molecule has 0 fully saturated rings. The van der Waals surface area contributed by atoms with E-state index in [0.717, 1.165) is 5.56 Å². The van der Waals surface area contributed by atoms with Gasteiger partial charge in [-0.15, -0.1) is 0 Å². The molecule has 3 rings (SSSR count). The number of hydrazone groups is 1. The Morgan fingerprint density at radius 1 is 1.13 bits per heavy atom. The first kappa shape index (κ1) is 14.7. The molecule has 0 aliphatic carbocycles. The number of hydrogen-bond donors (Lipinski definition) is 4. The largest absolute Gasteiger partial charge is 0.336 e. The predicted octanol–water partition coefficient (Wildman–Crippen LogP) is 0.359. The third kappa shape index (κ3) is 3.50. The molecule has 8 heteroatoms. The lowest BCUT2D eigenvalue weighted by molar-refractivity contribution is 0.0927. The Balaban J connectivity index is 1.72. The molecule has 1 aliphatic rings. The Kier molecular flexibility index (Phi) is 4.25. The van der Waals surface area contributed by atoms with E-state index >= 15 is 0 Å². The molecule has 2 aromatic rings. The molecule has 0 spiro atoms. The minimum Gasteiger partial charge on any atom is -0.314 e. The topological polar surface area (TPSA) is 108 Å². The fraction of sp³-hybridized carbons (Fsp3) is 0.0667. The summed E-state index contributed by atoms with van der Waals surface area (Å²) < 4.78 is 0. The van der Waals surface area contributed by atoms with Crippen LogP contribution in [0.4, 0.5) is 4.79 Å². The Morgan fingerprint density at radius 3 is 2.70 bits per heavy atom. The molecule has 4 N–H and O–H groups in total. The van der Waals surface area contributed by atoms with Crippen LogP contribution in [0.25, 0.3) is 0 Å². The van der Waals surface area contributed by atoms with Gasteiger partial charge in [0.25, 0.3) is 5.91 Å². The lowest BCUT2D eigenvalue weighted by atomic mass is 10.1. The van der Waals surface area contributed by atoms with Crippen LogP contribution in [0.2, 0.25) is 0 Å². The molecule has 0 bridgehead atoms. The molecule has 3 amide bonds. The van der Waals surface area contributed by atoms with Crippen molar-refractivity contribution in [2.24, 2.45) is 5.10 Å². The van der Waals surface area contributed by atoms with Crippen LogP contribution in [-0.2, 0) is 0 Å². The number of carbonyl (C=O) groups excluding carboxylic acids is 2. The number of carbonyl (C=O) groups is 2. The van der Waals surface area contributed by atoms with Gasteiger partial charge in [-0.05, 0) is 12.1 Å². The number of pyridine rings is 1. The minimum atomic E-state index is -0.660. The maximum absolute atomic E-state index is 12.0. The average molecular weight is 310 g/mol. The second kappa shape index (κ2) is 6.67. The van der Waals surface area contributed by atoms with Crippen molar-refractivity contribution in [2.75, 3.05) is 0 Å². The van der Waals surface area contributed by atoms with Gasteiger partial charge in [0, 0.05) is 18.0 Å². The first-order chi connectivity index (χ1) is 11.2. The SMILES string of the molecule is O=C1NN=C(c2ccccc2)C(NNC(=O)c2cccnc2)N1. The highest BCUT2D eigenvalue weighted by atomic mass is 16.2. The van der Waals surface area contributed by atoms with Gasteiger partial charge in [-0.3, -0.25) is 15.2 Å². The number of nitrogens with zero attached hydrogens (tertiary/aromatic N) is 2. The number of nitrogens with one attached hydrogen (secondary N) is 4. The molecule has 8 nitrogen and oxygen atoms in total. The van der Waals surface area contributed by atoms with E-state index in [-0.39, 0.29) is 5.91 Å². The number of hydrazine groups is 1. The van der Waals surface area contributed by atoms with Gasteiger partial charge in [0.05, 0.1) is 5.56 Å². The van der Waals surface area contributed by atoms with E-state index in [9.17, 15) is 9.59 Å².